The summed E-state index contributed by atoms with van der Waals surface area (Å²) in [7, 11) is 1.62. The number of hydrogen-bond donors (Lipinski definition) is 0. The van der Waals surface area contributed by atoms with Crippen molar-refractivity contribution >= 4 is 17.8 Å². The van der Waals surface area contributed by atoms with Gasteiger partial charge in [0.2, 0.25) is 0 Å². The van der Waals surface area contributed by atoms with Crippen molar-refractivity contribution < 1.29 is 19.1 Å². The van der Waals surface area contributed by atoms with E-state index in [-0.39, 0.29) is 12.4 Å². The third kappa shape index (κ3) is 5.40. The summed E-state index contributed by atoms with van der Waals surface area (Å²) in [5.41, 5.74) is 3.79. The number of benzene rings is 3. The molecule has 0 aliphatic heterocycles. The molecule has 0 atom stereocenters. The summed E-state index contributed by atoms with van der Waals surface area (Å²) in [4.78, 5) is 24.3. The van der Waals surface area contributed by atoms with Crippen molar-refractivity contribution in [3.63, 3.8) is 0 Å². The molecule has 0 fully saturated rings. The molecule has 0 unspecified atom stereocenters. The molecule has 7 heteroatoms. The van der Waals surface area contributed by atoms with Crippen molar-refractivity contribution in [2.75, 3.05) is 13.7 Å². The van der Waals surface area contributed by atoms with E-state index in [1.807, 2.05) is 54.6 Å². The molecule has 0 saturated carbocycles. The molecule has 164 valence electrons. The predicted octanol–water partition coefficient (Wildman–Crippen LogP) is 4.38. The number of Topliss-reactive ketones (excluding diaryl/α,β-unsaturated/α-hetero) is 1. The minimum atomic E-state index is -0.574. The summed E-state index contributed by atoms with van der Waals surface area (Å²) in [5.74, 6) is -0.107. The Balaban J connectivity index is 1.39. The van der Waals surface area contributed by atoms with Crippen molar-refractivity contribution in [3.05, 3.63) is 102 Å². The number of carbonyl (C=O) groups excluding carboxylic acids is 2. The van der Waals surface area contributed by atoms with Crippen LogP contribution in [0.4, 0.5) is 0 Å². The molecule has 0 aliphatic carbocycles. The number of nitrogens with zero attached hydrogens (tertiary/aromatic N) is 3. The summed E-state index contributed by atoms with van der Waals surface area (Å²) < 4.78 is 12.0. The molecule has 1 aromatic heterocycles. The SMILES string of the molecule is COc1ccc(-c2cnnn2-c2ccc(C(=O)COC(=O)C=Cc3ccccc3)cc2)cc1. The molecule has 3 aromatic carbocycles. The average molecular weight is 439 g/mol. The number of ketones is 1. The maximum Gasteiger partial charge on any atom is 0.331 e. The number of esters is 1. The van der Waals surface area contributed by atoms with Crippen LogP contribution in [0.5, 0.6) is 5.75 Å². The fraction of sp³-hybridized carbons (Fsp3) is 0.0769. The monoisotopic (exact) mass is 439 g/mol. The Kier molecular flexibility index (Phi) is 6.70. The maximum atomic E-state index is 12.4. The Morgan fingerprint density at radius 2 is 1.67 bits per heavy atom. The van der Waals surface area contributed by atoms with Crippen molar-refractivity contribution in [1.82, 2.24) is 15.0 Å². The number of rotatable bonds is 8. The van der Waals surface area contributed by atoms with Crippen molar-refractivity contribution in [1.29, 1.82) is 0 Å². The van der Waals surface area contributed by atoms with Gasteiger partial charge < -0.3 is 9.47 Å². The van der Waals surface area contributed by atoms with Gasteiger partial charge in [0.25, 0.3) is 0 Å². The van der Waals surface area contributed by atoms with Crippen LogP contribution in [-0.2, 0) is 9.53 Å². The lowest BCUT2D eigenvalue weighted by Crippen LogP contribution is -2.12. The van der Waals surface area contributed by atoms with Crippen LogP contribution in [0.1, 0.15) is 15.9 Å². The fourth-order valence-electron chi connectivity index (χ4n) is 3.17. The first-order valence-corrected chi connectivity index (χ1v) is 10.2. The zero-order valence-electron chi connectivity index (χ0n) is 17.9. The van der Waals surface area contributed by atoms with Gasteiger partial charge in [0.15, 0.2) is 12.4 Å². The van der Waals surface area contributed by atoms with Crippen LogP contribution in [0.25, 0.3) is 23.0 Å². The van der Waals surface area contributed by atoms with Crippen molar-refractivity contribution in [2.45, 2.75) is 0 Å². The average Bonchev–Trinajstić information content (AvgIpc) is 3.37. The normalized spacial score (nSPS) is 10.8. The first-order valence-electron chi connectivity index (χ1n) is 10.2. The molecule has 0 bridgehead atoms. The molecule has 1 heterocycles. The van der Waals surface area contributed by atoms with Gasteiger partial charge >= 0.3 is 5.97 Å². The number of carbonyl (C=O) groups is 2. The lowest BCUT2D eigenvalue weighted by atomic mass is 10.1. The van der Waals surface area contributed by atoms with Gasteiger partial charge in [-0.05, 0) is 60.2 Å². The zero-order chi connectivity index (χ0) is 23.0. The third-order valence-corrected chi connectivity index (χ3v) is 4.93. The Morgan fingerprint density at radius 3 is 2.36 bits per heavy atom. The predicted molar refractivity (Wildman–Crippen MR) is 124 cm³/mol. The molecule has 0 saturated heterocycles. The highest BCUT2D eigenvalue weighted by Gasteiger charge is 2.12. The Hall–Kier alpha value is -4.52. The minimum Gasteiger partial charge on any atom is -0.497 e. The zero-order valence-corrected chi connectivity index (χ0v) is 17.9. The molecular formula is C26H21N3O4. The van der Waals surface area contributed by atoms with E-state index in [2.05, 4.69) is 10.3 Å². The summed E-state index contributed by atoms with van der Waals surface area (Å²) >= 11 is 0. The van der Waals surface area contributed by atoms with Crippen LogP contribution < -0.4 is 4.74 Å². The number of methoxy groups -OCH3 is 1. The number of hydrogen-bond acceptors (Lipinski definition) is 6. The standard InChI is InChI=1S/C26H21N3O4/c1-32-23-14-10-20(11-15-23)24-17-27-28-29(24)22-12-8-21(9-13-22)25(30)18-33-26(31)16-7-19-5-3-2-4-6-19/h2-17H,18H2,1H3. The number of ether oxygens (including phenoxy) is 2. The molecule has 4 rings (SSSR count). The molecule has 0 aliphatic rings. The second-order valence-corrected chi connectivity index (χ2v) is 7.08. The molecular weight excluding hydrogens is 418 g/mol. The Morgan fingerprint density at radius 1 is 0.939 bits per heavy atom. The van der Waals surface area contributed by atoms with Gasteiger partial charge in [-0.2, -0.15) is 0 Å². The van der Waals surface area contributed by atoms with E-state index < -0.39 is 5.97 Å². The molecule has 33 heavy (non-hydrogen) atoms. The van der Waals surface area contributed by atoms with Crippen LogP contribution in [0, 0.1) is 0 Å². The summed E-state index contributed by atoms with van der Waals surface area (Å²) in [5, 5.41) is 8.17. The van der Waals surface area contributed by atoms with Gasteiger partial charge in [-0.15, -0.1) is 5.10 Å². The summed E-state index contributed by atoms with van der Waals surface area (Å²) in [6.07, 6.45) is 4.61. The second kappa shape index (κ2) is 10.2. The molecule has 0 amide bonds. The summed E-state index contributed by atoms with van der Waals surface area (Å²) in [6, 6.07) is 23.8. The minimum absolute atomic E-state index is 0.294. The smallest absolute Gasteiger partial charge is 0.331 e. The van der Waals surface area contributed by atoms with Crippen LogP contribution in [0.15, 0.2) is 91.1 Å². The van der Waals surface area contributed by atoms with E-state index in [4.69, 9.17) is 9.47 Å². The van der Waals surface area contributed by atoms with Crippen LogP contribution >= 0.6 is 0 Å². The Labute approximate surface area is 190 Å². The van der Waals surface area contributed by atoms with Gasteiger partial charge in [-0.25, -0.2) is 9.48 Å². The first-order chi connectivity index (χ1) is 16.1. The fourth-order valence-corrected chi connectivity index (χ4v) is 3.17. The maximum absolute atomic E-state index is 12.4. The van der Waals surface area contributed by atoms with E-state index >= 15 is 0 Å². The van der Waals surface area contributed by atoms with Crippen LogP contribution in [0.3, 0.4) is 0 Å². The van der Waals surface area contributed by atoms with Gasteiger partial charge in [-0.3, -0.25) is 4.79 Å². The lowest BCUT2D eigenvalue weighted by molar-refractivity contribution is -0.136. The van der Waals surface area contributed by atoms with Crippen LogP contribution in [-0.4, -0.2) is 40.5 Å². The topological polar surface area (TPSA) is 83.3 Å². The van der Waals surface area contributed by atoms with Gasteiger partial charge in [0.05, 0.1) is 24.7 Å². The van der Waals surface area contributed by atoms with E-state index in [1.54, 1.807) is 48.3 Å². The molecule has 7 nitrogen and oxygen atoms in total. The van der Waals surface area contributed by atoms with Crippen LogP contribution in [0.2, 0.25) is 0 Å². The molecule has 0 radical (unpaired) electrons. The van der Waals surface area contributed by atoms with E-state index in [1.165, 1.54) is 6.08 Å². The molecule has 0 N–H and O–H groups in total. The first kappa shape index (κ1) is 21.7. The highest BCUT2D eigenvalue weighted by molar-refractivity contribution is 5.99. The van der Waals surface area contributed by atoms with Crippen molar-refractivity contribution in [3.8, 4) is 22.7 Å². The Bertz CT molecular complexity index is 1260. The van der Waals surface area contributed by atoms with E-state index in [0.717, 1.165) is 28.3 Å². The third-order valence-electron chi connectivity index (χ3n) is 4.93. The van der Waals surface area contributed by atoms with Gasteiger partial charge in [0.1, 0.15) is 5.75 Å². The second-order valence-electron chi connectivity index (χ2n) is 7.08. The molecule has 0 spiro atoms. The summed E-state index contributed by atoms with van der Waals surface area (Å²) in [6.45, 7) is -0.336. The van der Waals surface area contributed by atoms with Crippen molar-refractivity contribution in [2.24, 2.45) is 0 Å². The van der Waals surface area contributed by atoms with E-state index in [0.29, 0.717) is 5.56 Å². The van der Waals surface area contributed by atoms with Gasteiger partial charge in [0, 0.05) is 17.2 Å². The number of aromatic nitrogens is 3. The lowest BCUT2D eigenvalue weighted by Gasteiger charge is -2.08. The highest BCUT2D eigenvalue weighted by Crippen LogP contribution is 2.24. The quantitative estimate of drug-likeness (QED) is 0.230. The van der Waals surface area contributed by atoms with Gasteiger partial charge in [-0.1, -0.05) is 35.5 Å². The van der Waals surface area contributed by atoms with E-state index in [9.17, 15) is 9.59 Å². The largest absolute Gasteiger partial charge is 0.497 e. The molecule has 4 aromatic rings. The highest BCUT2D eigenvalue weighted by atomic mass is 16.5.